The van der Waals surface area contributed by atoms with Gasteiger partial charge in [-0.3, -0.25) is 0 Å². The van der Waals surface area contributed by atoms with E-state index in [0.717, 1.165) is 25.3 Å². The highest BCUT2D eigenvalue weighted by atomic mass is 16.3. The molecule has 1 aromatic rings. The number of hydrogen-bond donors (Lipinski definition) is 2. The van der Waals surface area contributed by atoms with Crippen LogP contribution in [0.3, 0.4) is 0 Å². The van der Waals surface area contributed by atoms with Gasteiger partial charge in [-0.25, -0.2) is 4.98 Å². The fourth-order valence-electron chi connectivity index (χ4n) is 1.84. The lowest BCUT2D eigenvalue weighted by Crippen LogP contribution is -2.28. The highest BCUT2D eigenvalue weighted by molar-refractivity contribution is 5.48. The van der Waals surface area contributed by atoms with Crippen molar-refractivity contribution in [2.24, 2.45) is 0 Å². The number of aromatic nitrogens is 1. The van der Waals surface area contributed by atoms with Crippen LogP contribution in [0.2, 0.25) is 0 Å². The van der Waals surface area contributed by atoms with Gasteiger partial charge in [-0.1, -0.05) is 6.07 Å². The van der Waals surface area contributed by atoms with E-state index in [1.54, 1.807) is 0 Å². The molecule has 0 saturated carbocycles. The minimum atomic E-state index is 0.222. The maximum atomic E-state index is 8.92. The fraction of sp³-hybridized carbons (Fsp3) is 0.615. The van der Waals surface area contributed by atoms with Gasteiger partial charge >= 0.3 is 0 Å². The zero-order chi connectivity index (χ0) is 12.7. The van der Waals surface area contributed by atoms with Gasteiger partial charge < -0.3 is 15.3 Å². The van der Waals surface area contributed by atoms with Gasteiger partial charge in [-0.15, -0.1) is 0 Å². The second-order valence-electron chi connectivity index (χ2n) is 4.08. The van der Waals surface area contributed by atoms with E-state index >= 15 is 0 Å². The van der Waals surface area contributed by atoms with Crippen LogP contribution in [0.4, 0.5) is 5.82 Å². The van der Waals surface area contributed by atoms with Gasteiger partial charge in [-0.2, -0.15) is 0 Å². The number of rotatable bonds is 7. The van der Waals surface area contributed by atoms with Crippen molar-refractivity contribution in [2.75, 3.05) is 31.6 Å². The average Bonchev–Trinajstić information content (AvgIpc) is 2.39. The Morgan fingerprint density at radius 2 is 2.29 bits per heavy atom. The Morgan fingerprint density at radius 3 is 2.88 bits per heavy atom. The molecule has 0 aliphatic carbocycles. The second kappa shape index (κ2) is 7.25. The zero-order valence-corrected chi connectivity index (χ0v) is 11.0. The molecule has 0 aromatic carbocycles. The molecular formula is C13H23N3O. The highest BCUT2D eigenvalue weighted by Crippen LogP contribution is 2.23. The molecule has 1 aromatic heterocycles. The Balaban J connectivity index is 2.93. The van der Waals surface area contributed by atoms with Crippen molar-refractivity contribution in [3.8, 4) is 0 Å². The van der Waals surface area contributed by atoms with Gasteiger partial charge in [0.2, 0.25) is 0 Å². The number of pyridine rings is 1. The number of hydrogen-bond acceptors (Lipinski definition) is 4. The van der Waals surface area contributed by atoms with Gasteiger partial charge in [0.25, 0.3) is 0 Å². The van der Waals surface area contributed by atoms with Gasteiger partial charge in [-0.05, 0) is 33.4 Å². The van der Waals surface area contributed by atoms with Crippen molar-refractivity contribution in [1.29, 1.82) is 0 Å². The number of nitrogens with one attached hydrogen (secondary N) is 1. The van der Waals surface area contributed by atoms with E-state index in [4.69, 9.17) is 5.11 Å². The lowest BCUT2D eigenvalue weighted by atomic mass is 10.1. The average molecular weight is 237 g/mol. The van der Waals surface area contributed by atoms with Gasteiger partial charge in [0.05, 0.1) is 0 Å². The largest absolute Gasteiger partial charge is 0.396 e. The summed E-state index contributed by atoms with van der Waals surface area (Å²) in [5, 5.41) is 12.2. The van der Waals surface area contributed by atoms with Crippen LogP contribution in [0.1, 0.15) is 31.9 Å². The van der Waals surface area contributed by atoms with Crippen molar-refractivity contribution in [1.82, 2.24) is 10.3 Å². The molecule has 0 aliphatic rings. The van der Waals surface area contributed by atoms with E-state index in [-0.39, 0.29) is 12.6 Å². The van der Waals surface area contributed by atoms with Crippen molar-refractivity contribution < 1.29 is 5.11 Å². The van der Waals surface area contributed by atoms with Crippen LogP contribution < -0.4 is 10.2 Å². The summed E-state index contributed by atoms with van der Waals surface area (Å²) in [6.45, 7) is 6.20. The van der Waals surface area contributed by atoms with E-state index in [1.165, 1.54) is 5.56 Å². The molecule has 2 N–H and O–H groups in total. The molecular weight excluding hydrogens is 214 g/mol. The zero-order valence-electron chi connectivity index (χ0n) is 11.0. The molecule has 1 rings (SSSR count). The SMILES string of the molecule is CCN(CCCO)c1ncccc1C(C)NC. The Morgan fingerprint density at radius 1 is 1.53 bits per heavy atom. The normalized spacial score (nSPS) is 12.5. The predicted molar refractivity (Wildman–Crippen MR) is 71.3 cm³/mol. The van der Waals surface area contributed by atoms with E-state index in [0.29, 0.717) is 0 Å². The van der Waals surface area contributed by atoms with Crippen molar-refractivity contribution in [3.05, 3.63) is 23.9 Å². The molecule has 4 heteroatoms. The van der Waals surface area contributed by atoms with Gasteiger partial charge in [0.15, 0.2) is 0 Å². The first-order valence-corrected chi connectivity index (χ1v) is 6.22. The molecule has 1 heterocycles. The second-order valence-corrected chi connectivity index (χ2v) is 4.08. The molecule has 0 bridgehead atoms. The Bertz CT molecular complexity index is 330. The molecule has 17 heavy (non-hydrogen) atoms. The maximum Gasteiger partial charge on any atom is 0.133 e. The maximum absolute atomic E-state index is 8.92. The van der Waals surface area contributed by atoms with E-state index in [2.05, 4.69) is 35.1 Å². The first kappa shape index (κ1) is 13.9. The van der Waals surface area contributed by atoms with Crippen molar-refractivity contribution in [3.63, 3.8) is 0 Å². The molecule has 1 atom stereocenters. The quantitative estimate of drug-likeness (QED) is 0.756. The molecule has 0 radical (unpaired) electrons. The molecule has 1 unspecified atom stereocenters. The van der Waals surface area contributed by atoms with Crippen molar-refractivity contribution >= 4 is 5.82 Å². The van der Waals surface area contributed by atoms with Gasteiger partial charge in [0, 0.05) is 37.5 Å². The molecule has 0 saturated heterocycles. The van der Waals surface area contributed by atoms with E-state index in [1.807, 2.05) is 19.3 Å². The molecule has 0 spiro atoms. The van der Waals surface area contributed by atoms with E-state index in [9.17, 15) is 0 Å². The van der Waals surface area contributed by atoms with Gasteiger partial charge in [0.1, 0.15) is 5.82 Å². The molecule has 96 valence electrons. The van der Waals surface area contributed by atoms with Crippen LogP contribution in [0.5, 0.6) is 0 Å². The molecule has 0 amide bonds. The van der Waals surface area contributed by atoms with Crippen LogP contribution in [-0.4, -0.2) is 36.8 Å². The third-order valence-electron chi connectivity index (χ3n) is 2.98. The fourth-order valence-corrected chi connectivity index (χ4v) is 1.84. The first-order valence-electron chi connectivity index (χ1n) is 6.22. The summed E-state index contributed by atoms with van der Waals surface area (Å²) in [7, 11) is 1.95. The summed E-state index contributed by atoms with van der Waals surface area (Å²) < 4.78 is 0. The summed E-state index contributed by atoms with van der Waals surface area (Å²) >= 11 is 0. The topological polar surface area (TPSA) is 48.4 Å². The number of nitrogens with zero attached hydrogens (tertiary/aromatic N) is 2. The summed E-state index contributed by atoms with van der Waals surface area (Å²) in [4.78, 5) is 6.68. The highest BCUT2D eigenvalue weighted by Gasteiger charge is 2.14. The summed E-state index contributed by atoms with van der Waals surface area (Å²) in [6.07, 6.45) is 2.60. The summed E-state index contributed by atoms with van der Waals surface area (Å²) in [6, 6.07) is 4.35. The summed E-state index contributed by atoms with van der Waals surface area (Å²) in [5.41, 5.74) is 1.20. The summed E-state index contributed by atoms with van der Waals surface area (Å²) in [5.74, 6) is 1.02. The number of aliphatic hydroxyl groups excluding tert-OH is 1. The van der Waals surface area contributed by atoms with Crippen molar-refractivity contribution in [2.45, 2.75) is 26.3 Å². The number of anilines is 1. The van der Waals surface area contributed by atoms with Crippen LogP contribution >= 0.6 is 0 Å². The minimum Gasteiger partial charge on any atom is -0.396 e. The first-order chi connectivity index (χ1) is 8.24. The van der Waals surface area contributed by atoms with Crippen LogP contribution in [0.25, 0.3) is 0 Å². The predicted octanol–water partition coefficient (Wildman–Crippen LogP) is 1.57. The molecule has 0 fully saturated rings. The monoisotopic (exact) mass is 237 g/mol. The Kier molecular flexibility index (Phi) is 5.94. The Hall–Kier alpha value is -1.13. The molecule has 4 nitrogen and oxygen atoms in total. The third-order valence-corrected chi connectivity index (χ3v) is 2.98. The Labute approximate surface area is 104 Å². The lowest BCUT2D eigenvalue weighted by molar-refractivity contribution is 0.289. The van der Waals surface area contributed by atoms with Crippen LogP contribution in [-0.2, 0) is 0 Å². The lowest BCUT2D eigenvalue weighted by Gasteiger charge is -2.26. The minimum absolute atomic E-state index is 0.222. The third kappa shape index (κ3) is 3.68. The van der Waals surface area contributed by atoms with E-state index < -0.39 is 0 Å². The number of aliphatic hydroxyl groups is 1. The molecule has 0 aliphatic heterocycles. The smallest absolute Gasteiger partial charge is 0.133 e. The van der Waals surface area contributed by atoms with Crippen LogP contribution in [0.15, 0.2) is 18.3 Å². The standard InChI is InChI=1S/C13H23N3O/c1-4-16(9-6-10-17)13-12(11(2)14-3)7-5-8-15-13/h5,7-8,11,14,17H,4,6,9-10H2,1-3H3. The van der Waals surface area contributed by atoms with Crippen LogP contribution in [0, 0.1) is 0 Å².